The Morgan fingerprint density at radius 3 is 2.39 bits per heavy atom. The molecule has 1 aromatic carbocycles. The quantitative estimate of drug-likeness (QED) is 0.612. The number of amides is 1. The van der Waals surface area contributed by atoms with Gasteiger partial charge in [-0.05, 0) is 86.8 Å². The predicted molar refractivity (Wildman–Crippen MR) is 127 cm³/mol. The van der Waals surface area contributed by atoms with Crippen LogP contribution in [-0.4, -0.2) is 16.0 Å². The molecule has 0 saturated heterocycles. The second-order valence-corrected chi connectivity index (χ2v) is 11.2. The highest BCUT2D eigenvalue weighted by molar-refractivity contribution is 7.07. The molecule has 4 fully saturated rings. The first kappa shape index (κ1) is 21.0. The van der Waals surface area contributed by atoms with Crippen molar-refractivity contribution in [2.45, 2.75) is 76.7 Å². The molecular formula is C26H35N3OS. The number of carbonyl (C=O) groups is 1. The minimum absolute atomic E-state index is 0.0380. The highest BCUT2D eigenvalue weighted by Crippen LogP contribution is 2.57. The average molecular weight is 438 g/mol. The van der Waals surface area contributed by atoms with E-state index in [1.807, 2.05) is 12.1 Å². The summed E-state index contributed by atoms with van der Waals surface area (Å²) in [4.78, 5) is 19.1. The Bertz CT molecular complexity index is 965. The van der Waals surface area contributed by atoms with E-state index in [9.17, 15) is 4.79 Å². The fourth-order valence-corrected chi connectivity index (χ4v) is 7.58. The Morgan fingerprint density at radius 2 is 1.77 bits per heavy atom. The third-order valence-electron chi connectivity index (χ3n) is 7.76. The molecular weight excluding hydrogens is 402 g/mol. The number of rotatable bonds is 7. The van der Waals surface area contributed by atoms with E-state index in [0.717, 1.165) is 40.4 Å². The first-order valence-electron chi connectivity index (χ1n) is 12.1. The molecule has 1 heterocycles. The third-order valence-corrected chi connectivity index (χ3v) is 8.72. The minimum atomic E-state index is 0.0380. The van der Waals surface area contributed by atoms with E-state index in [2.05, 4.69) is 41.4 Å². The lowest BCUT2D eigenvalue weighted by atomic mass is 9.53. The van der Waals surface area contributed by atoms with Crippen molar-refractivity contribution in [1.82, 2.24) is 4.57 Å². The number of unbranched alkanes of at least 4 members (excludes halogenated alkanes) is 1. The summed E-state index contributed by atoms with van der Waals surface area (Å²) in [5.41, 5.74) is 3.43. The number of aromatic nitrogens is 1. The maximum absolute atomic E-state index is 12.7. The molecule has 5 heteroatoms. The zero-order valence-corrected chi connectivity index (χ0v) is 19.7. The van der Waals surface area contributed by atoms with Crippen molar-refractivity contribution in [2.24, 2.45) is 29.8 Å². The van der Waals surface area contributed by atoms with Crippen LogP contribution in [-0.2, 0) is 24.7 Å². The highest BCUT2D eigenvalue weighted by Gasteiger charge is 2.51. The molecule has 1 amide bonds. The van der Waals surface area contributed by atoms with Crippen molar-refractivity contribution >= 4 is 22.9 Å². The Balaban J connectivity index is 1.25. The van der Waals surface area contributed by atoms with Crippen LogP contribution >= 0.6 is 11.3 Å². The van der Waals surface area contributed by atoms with Crippen LogP contribution in [0.4, 0.5) is 5.69 Å². The van der Waals surface area contributed by atoms with Crippen molar-refractivity contribution in [3.63, 3.8) is 0 Å². The summed E-state index contributed by atoms with van der Waals surface area (Å²) in [6, 6.07) is 8.28. The van der Waals surface area contributed by atoms with Crippen LogP contribution in [0.15, 0.2) is 34.6 Å². The number of anilines is 1. The summed E-state index contributed by atoms with van der Waals surface area (Å²) in [6.07, 6.45) is 12.1. The lowest BCUT2D eigenvalue weighted by Crippen LogP contribution is -2.50. The molecule has 0 atom stereocenters. The van der Waals surface area contributed by atoms with E-state index in [0.29, 0.717) is 6.42 Å². The SMILES string of the molecule is CCCCc1ccc(NC(=O)Cc2csc(=NC34CC5CC(CC(C5)C3)C4)n2C)cc1. The van der Waals surface area contributed by atoms with Crippen molar-refractivity contribution in [3.05, 3.63) is 45.7 Å². The summed E-state index contributed by atoms with van der Waals surface area (Å²) < 4.78 is 2.15. The Kier molecular flexibility index (Phi) is 5.80. The zero-order valence-electron chi connectivity index (χ0n) is 18.9. The Hall–Kier alpha value is -1.88. The largest absolute Gasteiger partial charge is 0.326 e. The molecule has 6 rings (SSSR count). The van der Waals surface area contributed by atoms with Gasteiger partial charge in [-0.3, -0.25) is 9.79 Å². The first-order valence-corrected chi connectivity index (χ1v) is 13.0. The molecule has 0 spiro atoms. The maximum Gasteiger partial charge on any atom is 0.230 e. The van der Waals surface area contributed by atoms with Crippen molar-refractivity contribution in [3.8, 4) is 0 Å². The van der Waals surface area contributed by atoms with Gasteiger partial charge >= 0.3 is 0 Å². The van der Waals surface area contributed by atoms with Gasteiger partial charge in [0.25, 0.3) is 0 Å². The van der Waals surface area contributed by atoms with Gasteiger partial charge in [-0.1, -0.05) is 25.5 Å². The molecule has 0 radical (unpaired) electrons. The van der Waals surface area contributed by atoms with Crippen LogP contribution < -0.4 is 10.1 Å². The summed E-state index contributed by atoms with van der Waals surface area (Å²) in [7, 11) is 2.07. The van der Waals surface area contributed by atoms with E-state index in [1.54, 1.807) is 11.3 Å². The molecule has 0 unspecified atom stereocenters. The molecule has 4 aliphatic rings. The third kappa shape index (κ3) is 4.52. The van der Waals surface area contributed by atoms with Crippen LogP contribution in [0.25, 0.3) is 0 Å². The monoisotopic (exact) mass is 437 g/mol. The summed E-state index contributed by atoms with van der Waals surface area (Å²) in [6.45, 7) is 2.21. The summed E-state index contributed by atoms with van der Waals surface area (Å²) >= 11 is 1.70. The molecule has 4 aliphatic carbocycles. The van der Waals surface area contributed by atoms with Gasteiger partial charge < -0.3 is 9.88 Å². The van der Waals surface area contributed by atoms with Gasteiger partial charge in [0.05, 0.1) is 12.0 Å². The van der Waals surface area contributed by atoms with Crippen molar-refractivity contribution in [1.29, 1.82) is 0 Å². The molecule has 1 N–H and O–H groups in total. The van der Waals surface area contributed by atoms with E-state index < -0.39 is 0 Å². The van der Waals surface area contributed by atoms with Gasteiger partial charge in [0.1, 0.15) is 0 Å². The van der Waals surface area contributed by atoms with Crippen LogP contribution in [0.3, 0.4) is 0 Å². The molecule has 166 valence electrons. The number of hydrogen-bond donors (Lipinski definition) is 1. The van der Waals surface area contributed by atoms with Crippen molar-refractivity contribution in [2.75, 3.05) is 5.32 Å². The van der Waals surface area contributed by atoms with E-state index in [4.69, 9.17) is 4.99 Å². The fourth-order valence-electron chi connectivity index (χ4n) is 6.57. The zero-order chi connectivity index (χ0) is 21.4. The number of carbonyl (C=O) groups excluding carboxylic acids is 1. The number of thiazole rings is 1. The van der Waals surface area contributed by atoms with E-state index >= 15 is 0 Å². The number of nitrogens with zero attached hydrogens (tertiary/aromatic N) is 2. The maximum atomic E-state index is 12.7. The van der Waals surface area contributed by atoms with Crippen LogP contribution in [0.2, 0.25) is 0 Å². The van der Waals surface area contributed by atoms with Gasteiger partial charge in [-0.15, -0.1) is 11.3 Å². The molecule has 1 aromatic heterocycles. The molecule has 4 saturated carbocycles. The van der Waals surface area contributed by atoms with Gasteiger partial charge in [-0.25, -0.2) is 0 Å². The Morgan fingerprint density at radius 1 is 1.13 bits per heavy atom. The summed E-state index contributed by atoms with van der Waals surface area (Å²) in [5.74, 6) is 2.74. The van der Waals surface area contributed by atoms with E-state index in [1.165, 1.54) is 56.9 Å². The number of benzene rings is 1. The smallest absolute Gasteiger partial charge is 0.230 e. The fraction of sp³-hybridized carbons (Fsp3) is 0.615. The normalized spacial score (nSPS) is 29.5. The molecule has 0 aliphatic heterocycles. The number of aryl methyl sites for hydroxylation is 1. The predicted octanol–water partition coefficient (Wildman–Crippen LogP) is 5.48. The number of hydrogen-bond acceptors (Lipinski definition) is 3. The van der Waals surface area contributed by atoms with Crippen LogP contribution in [0.5, 0.6) is 0 Å². The van der Waals surface area contributed by atoms with Gasteiger partial charge in [0.2, 0.25) is 5.91 Å². The average Bonchev–Trinajstić information content (AvgIpc) is 3.05. The van der Waals surface area contributed by atoms with Crippen molar-refractivity contribution < 1.29 is 4.79 Å². The van der Waals surface area contributed by atoms with Gasteiger partial charge in [0.15, 0.2) is 4.80 Å². The lowest BCUT2D eigenvalue weighted by molar-refractivity contribution is -0.115. The second-order valence-electron chi connectivity index (χ2n) is 10.3. The minimum Gasteiger partial charge on any atom is -0.326 e. The molecule has 4 bridgehead atoms. The second kappa shape index (κ2) is 8.57. The van der Waals surface area contributed by atoms with Crippen LogP contribution in [0.1, 0.15) is 69.5 Å². The number of nitrogens with one attached hydrogen (secondary N) is 1. The topological polar surface area (TPSA) is 46.4 Å². The lowest BCUT2D eigenvalue weighted by Gasteiger charge is -2.54. The first-order chi connectivity index (χ1) is 15.0. The van der Waals surface area contributed by atoms with Gasteiger partial charge in [-0.2, -0.15) is 0 Å². The van der Waals surface area contributed by atoms with E-state index in [-0.39, 0.29) is 11.4 Å². The highest BCUT2D eigenvalue weighted by atomic mass is 32.1. The molecule has 4 nitrogen and oxygen atoms in total. The van der Waals surface area contributed by atoms with Gasteiger partial charge in [0, 0.05) is 23.8 Å². The summed E-state index contributed by atoms with van der Waals surface area (Å²) in [5, 5.41) is 5.18. The molecule has 2 aromatic rings. The Labute approximate surface area is 189 Å². The molecule has 31 heavy (non-hydrogen) atoms. The standard InChI is InChI=1S/C26H35N3OS/c1-3-4-5-18-6-8-22(9-7-18)27-24(30)13-23-17-31-25(29(23)2)28-26-14-19-10-20(15-26)12-21(11-19)16-26/h6-9,17,19-21H,3-5,10-16H2,1-2H3,(H,27,30). The van der Waals surface area contributed by atoms with Crippen LogP contribution in [0, 0.1) is 17.8 Å².